The number of hydrogen-bond donors (Lipinski definition) is 1. The molecule has 3 rings (SSSR count). The number of halogens is 1. The lowest BCUT2D eigenvalue weighted by molar-refractivity contribution is -0.145. The van der Waals surface area contributed by atoms with E-state index in [2.05, 4.69) is 0 Å². The minimum atomic E-state index is -0.871. The molecule has 0 unspecified atom stereocenters. The summed E-state index contributed by atoms with van der Waals surface area (Å²) in [4.78, 5) is 11.9. The second kappa shape index (κ2) is 6.39. The number of carboxylic acid groups (broad SMARTS) is 1. The van der Waals surface area contributed by atoms with E-state index >= 15 is 0 Å². The van der Waals surface area contributed by atoms with Crippen LogP contribution in [-0.2, 0) is 10.2 Å². The van der Waals surface area contributed by atoms with Gasteiger partial charge < -0.3 is 5.11 Å². The first-order valence-electron chi connectivity index (χ1n) is 8.67. The van der Waals surface area contributed by atoms with Crippen LogP contribution in [0.5, 0.6) is 0 Å². The first-order valence-corrected chi connectivity index (χ1v) is 8.67. The molecule has 0 heterocycles. The number of carbonyl (C=O) groups is 1. The quantitative estimate of drug-likeness (QED) is 0.837. The molecule has 0 bridgehead atoms. The molecular formula is C19H25FO2. The number of aliphatic carboxylic acids is 1. The average Bonchev–Trinajstić information content (AvgIpc) is 2.56. The highest BCUT2D eigenvalue weighted by atomic mass is 19.1. The van der Waals surface area contributed by atoms with Crippen LogP contribution in [0.15, 0.2) is 18.2 Å². The minimum absolute atomic E-state index is 0.199. The van der Waals surface area contributed by atoms with Crippen LogP contribution in [0.1, 0.15) is 81.3 Å². The van der Waals surface area contributed by atoms with Crippen LogP contribution in [0.25, 0.3) is 0 Å². The second-order valence-corrected chi connectivity index (χ2v) is 7.02. The summed E-state index contributed by atoms with van der Waals surface area (Å²) in [5, 5.41) is 9.73. The smallest absolute Gasteiger partial charge is 0.314 e. The van der Waals surface area contributed by atoms with Gasteiger partial charge in [-0.15, -0.1) is 0 Å². The highest BCUT2D eigenvalue weighted by Crippen LogP contribution is 2.41. The van der Waals surface area contributed by atoms with Gasteiger partial charge in [0.25, 0.3) is 0 Å². The van der Waals surface area contributed by atoms with Gasteiger partial charge in [0.2, 0.25) is 0 Å². The SMILES string of the molecule is O=C(O)C1(c2ccc(C3CCCCC3)c(F)c2)CCCCC1. The van der Waals surface area contributed by atoms with Crippen molar-refractivity contribution in [3.63, 3.8) is 0 Å². The Kier molecular flexibility index (Phi) is 4.51. The Labute approximate surface area is 131 Å². The van der Waals surface area contributed by atoms with E-state index in [1.807, 2.05) is 12.1 Å². The summed E-state index contributed by atoms with van der Waals surface area (Å²) >= 11 is 0. The van der Waals surface area contributed by atoms with Crippen molar-refractivity contribution in [2.75, 3.05) is 0 Å². The zero-order chi connectivity index (χ0) is 15.6. The maximum Gasteiger partial charge on any atom is 0.314 e. The fourth-order valence-corrected chi connectivity index (χ4v) is 4.35. The first-order chi connectivity index (χ1) is 10.6. The predicted molar refractivity (Wildman–Crippen MR) is 84.6 cm³/mol. The molecule has 3 heteroatoms. The molecule has 1 N–H and O–H groups in total. The molecule has 120 valence electrons. The Morgan fingerprint density at radius 1 is 1.05 bits per heavy atom. The third-order valence-corrected chi connectivity index (χ3v) is 5.71. The van der Waals surface area contributed by atoms with Gasteiger partial charge in [0.15, 0.2) is 0 Å². The van der Waals surface area contributed by atoms with Gasteiger partial charge in [0.05, 0.1) is 5.41 Å². The van der Waals surface area contributed by atoms with E-state index in [0.29, 0.717) is 24.3 Å². The molecule has 0 atom stereocenters. The van der Waals surface area contributed by atoms with Crippen molar-refractivity contribution < 1.29 is 14.3 Å². The minimum Gasteiger partial charge on any atom is -0.481 e. The van der Waals surface area contributed by atoms with Gasteiger partial charge in [-0.2, -0.15) is 0 Å². The summed E-state index contributed by atoms with van der Waals surface area (Å²) in [6.07, 6.45) is 9.87. The van der Waals surface area contributed by atoms with Crippen LogP contribution >= 0.6 is 0 Å². The second-order valence-electron chi connectivity index (χ2n) is 7.02. The molecular weight excluding hydrogens is 279 g/mol. The molecule has 22 heavy (non-hydrogen) atoms. The van der Waals surface area contributed by atoms with E-state index in [4.69, 9.17) is 0 Å². The zero-order valence-corrected chi connectivity index (χ0v) is 13.1. The normalized spacial score (nSPS) is 22.4. The third kappa shape index (κ3) is 2.78. The van der Waals surface area contributed by atoms with Crippen molar-refractivity contribution >= 4 is 5.97 Å². The van der Waals surface area contributed by atoms with Gasteiger partial charge in [0, 0.05) is 0 Å². The van der Waals surface area contributed by atoms with Crippen LogP contribution in [0.4, 0.5) is 4.39 Å². The summed E-state index contributed by atoms with van der Waals surface area (Å²) in [7, 11) is 0. The molecule has 0 spiro atoms. The number of hydrogen-bond acceptors (Lipinski definition) is 1. The molecule has 0 radical (unpaired) electrons. The molecule has 1 aromatic rings. The van der Waals surface area contributed by atoms with Crippen LogP contribution in [0.2, 0.25) is 0 Å². The molecule has 0 aromatic heterocycles. The predicted octanol–water partition coefficient (Wildman–Crippen LogP) is 5.16. The maximum atomic E-state index is 14.6. The summed E-state index contributed by atoms with van der Waals surface area (Å²) in [5.41, 5.74) is 0.584. The van der Waals surface area contributed by atoms with Crippen molar-refractivity contribution in [1.29, 1.82) is 0 Å². The number of benzene rings is 1. The van der Waals surface area contributed by atoms with Gasteiger partial charge in [-0.25, -0.2) is 4.39 Å². The third-order valence-electron chi connectivity index (χ3n) is 5.71. The van der Waals surface area contributed by atoms with Crippen LogP contribution in [-0.4, -0.2) is 11.1 Å². The average molecular weight is 304 g/mol. The number of carboxylic acids is 1. The van der Waals surface area contributed by atoms with Crippen molar-refractivity contribution in [1.82, 2.24) is 0 Å². The molecule has 0 aliphatic heterocycles. The fraction of sp³-hybridized carbons (Fsp3) is 0.632. The molecule has 2 aliphatic rings. The monoisotopic (exact) mass is 304 g/mol. The van der Waals surface area contributed by atoms with E-state index in [0.717, 1.165) is 37.7 Å². The van der Waals surface area contributed by atoms with Gasteiger partial charge in [-0.1, -0.05) is 50.7 Å². The molecule has 2 nitrogen and oxygen atoms in total. The van der Waals surface area contributed by atoms with E-state index < -0.39 is 11.4 Å². The van der Waals surface area contributed by atoms with Gasteiger partial charge in [-0.05, 0) is 48.8 Å². The summed E-state index contributed by atoms with van der Waals surface area (Å²) in [5.74, 6) is -0.678. The Morgan fingerprint density at radius 2 is 1.68 bits per heavy atom. The van der Waals surface area contributed by atoms with Crippen molar-refractivity contribution in [3.05, 3.63) is 35.1 Å². The van der Waals surface area contributed by atoms with Crippen LogP contribution in [0.3, 0.4) is 0 Å². The lowest BCUT2D eigenvalue weighted by Gasteiger charge is -2.34. The molecule has 2 aliphatic carbocycles. The van der Waals surface area contributed by atoms with Crippen molar-refractivity contribution in [3.8, 4) is 0 Å². The molecule has 0 saturated heterocycles. The van der Waals surface area contributed by atoms with E-state index in [-0.39, 0.29) is 5.82 Å². The molecule has 2 saturated carbocycles. The number of rotatable bonds is 3. The van der Waals surface area contributed by atoms with Crippen LogP contribution in [0, 0.1) is 5.82 Å². The molecule has 2 fully saturated rings. The largest absolute Gasteiger partial charge is 0.481 e. The molecule has 0 amide bonds. The fourth-order valence-electron chi connectivity index (χ4n) is 4.35. The topological polar surface area (TPSA) is 37.3 Å². The zero-order valence-electron chi connectivity index (χ0n) is 13.1. The Balaban J connectivity index is 1.91. The van der Waals surface area contributed by atoms with E-state index in [1.165, 1.54) is 25.3 Å². The maximum absolute atomic E-state index is 14.6. The molecule has 1 aromatic carbocycles. The van der Waals surface area contributed by atoms with E-state index in [9.17, 15) is 14.3 Å². The Hall–Kier alpha value is -1.38. The lowest BCUT2D eigenvalue weighted by atomic mass is 9.69. The highest BCUT2D eigenvalue weighted by molar-refractivity contribution is 5.81. The lowest BCUT2D eigenvalue weighted by Crippen LogP contribution is -2.38. The Bertz CT molecular complexity index is 540. The van der Waals surface area contributed by atoms with Gasteiger partial charge in [-0.3, -0.25) is 4.79 Å². The highest BCUT2D eigenvalue weighted by Gasteiger charge is 2.41. The van der Waals surface area contributed by atoms with Crippen molar-refractivity contribution in [2.24, 2.45) is 0 Å². The van der Waals surface area contributed by atoms with E-state index in [1.54, 1.807) is 0 Å². The summed E-state index contributed by atoms with van der Waals surface area (Å²) < 4.78 is 14.6. The standard InChI is InChI=1S/C19H25FO2/c20-17-13-15(19(18(21)22)11-5-2-6-12-19)9-10-16(17)14-7-3-1-4-8-14/h9-10,13-14H,1-8,11-12H2,(H,21,22). The van der Waals surface area contributed by atoms with Crippen molar-refractivity contribution in [2.45, 2.75) is 75.5 Å². The van der Waals surface area contributed by atoms with Crippen LogP contribution < -0.4 is 0 Å². The summed E-state index contributed by atoms with van der Waals surface area (Å²) in [6.45, 7) is 0. The first kappa shape index (κ1) is 15.5. The van der Waals surface area contributed by atoms with Gasteiger partial charge in [0.1, 0.15) is 5.82 Å². The Morgan fingerprint density at radius 3 is 2.27 bits per heavy atom. The van der Waals surface area contributed by atoms with Gasteiger partial charge >= 0.3 is 5.97 Å². The summed E-state index contributed by atoms with van der Waals surface area (Å²) in [6, 6.07) is 5.26.